The minimum absolute atomic E-state index is 0.100. The van der Waals surface area contributed by atoms with Crippen molar-refractivity contribution in [2.24, 2.45) is 5.92 Å². The van der Waals surface area contributed by atoms with Crippen molar-refractivity contribution in [2.75, 3.05) is 32.7 Å². The maximum Gasteiger partial charge on any atom is 0.317 e. The molecule has 0 radical (unpaired) electrons. The van der Waals surface area contributed by atoms with Crippen molar-refractivity contribution in [1.29, 1.82) is 0 Å². The molecule has 0 unspecified atom stereocenters. The maximum atomic E-state index is 12.8. The van der Waals surface area contributed by atoms with Crippen LogP contribution in [0.1, 0.15) is 37.8 Å². The van der Waals surface area contributed by atoms with Crippen molar-refractivity contribution >= 4 is 16.1 Å². The van der Waals surface area contributed by atoms with E-state index in [2.05, 4.69) is 19.2 Å². The SMILES string of the molecule is Cc1ccc(S(=O)(=O)N2CCN(C(=O)NCCCC(C)C)CC2)cc1C. The van der Waals surface area contributed by atoms with E-state index < -0.39 is 10.0 Å². The fourth-order valence-electron chi connectivity index (χ4n) is 2.97. The lowest BCUT2D eigenvalue weighted by molar-refractivity contribution is 0.172. The maximum absolute atomic E-state index is 12.8. The fourth-order valence-corrected chi connectivity index (χ4v) is 4.48. The second kappa shape index (κ2) is 8.86. The molecule has 1 heterocycles. The van der Waals surface area contributed by atoms with Gasteiger partial charge in [-0.2, -0.15) is 4.31 Å². The first-order valence-electron chi connectivity index (χ1n) is 9.32. The summed E-state index contributed by atoms with van der Waals surface area (Å²) in [4.78, 5) is 14.2. The van der Waals surface area contributed by atoms with Crippen LogP contribution in [-0.4, -0.2) is 56.4 Å². The van der Waals surface area contributed by atoms with E-state index in [9.17, 15) is 13.2 Å². The summed E-state index contributed by atoms with van der Waals surface area (Å²) in [6.07, 6.45) is 2.05. The van der Waals surface area contributed by atoms with E-state index in [0.717, 1.165) is 24.0 Å². The van der Waals surface area contributed by atoms with Crippen LogP contribution >= 0.6 is 0 Å². The molecule has 146 valence electrons. The summed E-state index contributed by atoms with van der Waals surface area (Å²) in [6, 6.07) is 5.12. The van der Waals surface area contributed by atoms with Gasteiger partial charge < -0.3 is 10.2 Å². The van der Waals surface area contributed by atoms with Gasteiger partial charge in [0.1, 0.15) is 0 Å². The van der Waals surface area contributed by atoms with Crippen LogP contribution in [0, 0.1) is 19.8 Å². The molecule has 1 fully saturated rings. The molecule has 0 aliphatic carbocycles. The summed E-state index contributed by atoms with van der Waals surface area (Å²) >= 11 is 0. The van der Waals surface area contributed by atoms with Crippen LogP contribution in [0.2, 0.25) is 0 Å². The molecule has 1 aromatic rings. The predicted octanol–water partition coefficient (Wildman–Crippen LogP) is 2.76. The third-order valence-corrected chi connectivity index (χ3v) is 6.77. The first-order valence-corrected chi connectivity index (χ1v) is 10.8. The number of urea groups is 1. The second-order valence-electron chi connectivity index (χ2n) is 7.41. The Bertz CT molecular complexity index is 724. The molecule has 26 heavy (non-hydrogen) atoms. The molecular formula is C19H31N3O3S. The van der Waals surface area contributed by atoms with Crippen molar-refractivity contribution in [1.82, 2.24) is 14.5 Å². The highest BCUT2D eigenvalue weighted by Crippen LogP contribution is 2.20. The monoisotopic (exact) mass is 381 g/mol. The number of carbonyl (C=O) groups excluding carboxylic acids is 1. The summed E-state index contributed by atoms with van der Waals surface area (Å²) < 4.78 is 27.1. The Hall–Kier alpha value is -1.60. The van der Waals surface area contributed by atoms with Gasteiger partial charge in [-0.15, -0.1) is 0 Å². The first-order chi connectivity index (χ1) is 12.2. The van der Waals surface area contributed by atoms with Gasteiger partial charge in [-0.25, -0.2) is 13.2 Å². The number of nitrogens with one attached hydrogen (secondary N) is 1. The number of hydrogen-bond donors (Lipinski definition) is 1. The molecule has 1 saturated heterocycles. The van der Waals surface area contributed by atoms with Gasteiger partial charge in [-0.3, -0.25) is 0 Å². The number of benzene rings is 1. The average Bonchev–Trinajstić information content (AvgIpc) is 2.60. The van der Waals surface area contributed by atoms with Gasteiger partial charge in [0.05, 0.1) is 4.90 Å². The number of amides is 2. The average molecular weight is 382 g/mol. The van der Waals surface area contributed by atoms with Crippen LogP contribution in [-0.2, 0) is 10.0 Å². The largest absolute Gasteiger partial charge is 0.338 e. The van der Waals surface area contributed by atoms with Gasteiger partial charge in [0, 0.05) is 32.7 Å². The van der Waals surface area contributed by atoms with Crippen molar-refractivity contribution in [3.8, 4) is 0 Å². The van der Waals surface area contributed by atoms with Crippen molar-refractivity contribution in [3.63, 3.8) is 0 Å². The summed E-state index contributed by atoms with van der Waals surface area (Å²) in [5, 5.41) is 2.93. The van der Waals surface area contributed by atoms with Crippen LogP contribution in [0.3, 0.4) is 0 Å². The topological polar surface area (TPSA) is 69.7 Å². The quantitative estimate of drug-likeness (QED) is 0.771. The summed E-state index contributed by atoms with van der Waals surface area (Å²) in [5.74, 6) is 0.631. The first kappa shape index (κ1) is 20.7. The minimum atomic E-state index is -3.51. The van der Waals surface area contributed by atoms with E-state index >= 15 is 0 Å². The molecule has 1 aliphatic rings. The molecule has 0 saturated carbocycles. The normalized spacial score (nSPS) is 16.1. The summed E-state index contributed by atoms with van der Waals surface area (Å²) in [6.45, 7) is 10.4. The Morgan fingerprint density at radius 2 is 1.77 bits per heavy atom. The number of nitrogens with zero attached hydrogens (tertiary/aromatic N) is 2. The zero-order valence-electron chi connectivity index (χ0n) is 16.3. The molecule has 1 N–H and O–H groups in total. The zero-order chi connectivity index (χ0) is 19.3. The van der Waals surface area contributed by atoms with E-state index in [1.807, 2.05) is 19.9 Å². The van der Waals surface area contributed by atoms with Crippen LogP contribution < -0.4 is 5.32 Å². The molecule has 0 atom stereocenters. The highest BCUT2D eigenvalue weighted by atomic mass is 32.2. The van der Waals surface area contributed by atoms with Crippen molar-refractivity contribution in [3.05, 3.63) is 29.3 Å². The van der Waals surface area contributed by atoms with Gasteiger partial charge in [0.15, 0.2) is 0 Å². The van der Waals surface area contributed by atoms with E-state index in [1.165, 1.54) is 4.31 Å². The van der Waals surface area contributed by atoms with Crippen molar-refractivity contribution in [2.45, 2.75) is 45.4 Å². The number of sulfonamides is 1. The van der Waals surface area contributed by atoms with Crippen LogP contribution in [0.15, 0.2) is 23.1 Å². The van der Waals surface area contributed by atoms with E-state index in [1.54, 1.807) is 17.0 Å². The number of rotatable bonds is 6. The van der Waals surface area contributed by atoms with Crippen molar-refractivity contribution < 1.29 is 13.2 Å². The Kier molecular flexibility index (Phi) is 7.06. The van der Waals surface area contributed by atoms with Gasteiger partial charge in [-0.1, -0.05) is 19.9 Å². The van der Waals surface area contributed by atoms with E-state index in [0.29, 0.717) is 43.5 Å². The Morgan fingerprint density at radius 3 is 2.35 bits per heavy atom. The minimum Gasteiger partial charge on any atom is -0.338 e. The lowest BCUT2D eigenvalue weighted by Gasteiger charge is -2.34. The third kappa shape index (κ3) is 5.20. The Labute approximate surface area is 157 Å². The molecular weight excluding hydrogens is 350 g/mol. The summed E-state index contributed by atoms with van der Waals surface area (Å²) in [5.41, 5.74) is 2.04. The molecule has 2 rings (SSSR count). The Balaban J connectivity index is 1.88. The molecule has 6 nitrogen and oxygen atoms in total. The van der Waals surface area contributed by atoms with E-state index in [-0.39, 0.29) is 6.03 Å². The van der Waals surface area contributed by atoms with Crippen LogP contribution in [0.25, 0.3) is 0 Å². The molecule has 0 bridgehead atoms. The zero-order valence-corrected chi connectivity index (χ0v) is 17.1. The number of hydrogen-bond acceptors (Lipinski definition) is 3. The van der Waals surface area contributed by atoms with Gasteiger partial charge in [0.25, 0.3) is 0 Å². The highest BCUT2D eigenvalue weighted by Gasteiger charge is 2.30. The molecule has 1 aromatic carbocycles. The number of carbonyl (C=O) groups is 1. The molecule has 2 amide bonds. The van der Waals surface area contributed by atoms with Crippen LogP contribution in [0.4, 0.5) is 4.79 Å². The smallest absolute Gasteiger partial charge is 0.317 e. The number of aryl methyl sites for hydroxylation is 2. The molecule has 0 aromatic heterocycles. The lowest BCUT2D eigenvalue weighted by atomic mass is 10.1. The lowest BCUT2D eigenvalue weighted by Crippen LogP contribution is -2.53. The third-order valence-electron chi connectivity index (χ3n) is 4.88. The van der Waals surface area contributed by atoms with Gasteiger partial charge >= 0.3 is 6.03 Å². The number of piperazine rings is 1. The standard InChI is InChI=1S/C19H31N3O3S/c1-15(2)6-5-9-20-19(23)21-10-12-22(13-11-21)26(24,25)18-8-7-16(3)17(4)14-18/h7-8,14-15H,5-6,9-13H2,1-4H3,(H,20,23). The molecule has 7 heteroatoms. The molecule has 1 aliphatic heterocycles. The summed E-state index contributed by atoms with van der Waals surface area (Å²) in [7, 11) is -3.51. The highest BCUT2D eigenvalue weighted by molar-refractivity contribution is 7.89. The fraction of sp³-hybridized carbons (Fsp3) is 0.632. The Morgan fingerprint density at radius 1 is 1.12 bits per heavy atom. The molecule has 0 spiro atoms. The second-order valence-corrected chi connectivity index (χ2v) is 9.34. The van der Waals surface area contributed by atoms with Gasteiger partial charge in [-0.05, 0) is 55.9 Å². The van der Waals surface area contributed by atoms with Crippen LogP contribution in [0.5, 0.6) is 0 Å². The van der Waals surface area contributed by atoms with Gasteiger partial charge in [0.2, 0.25) is 10.0 Å². The predicted molar refractivity (Wildman–Crippen MR) is 104 cm³/mol. The van der Waals surface area contributed by atoms with E-state index in [4.69, 9.17) is 0 Å².